The average Bonchev–Trinajstić information content (AvgIpc) is 3.37. The van der Waals surface area contributed by atoms with Gasteiger partial charge in [0.15, 0.2) is 5.82 Å². The van der Waals surface area contributed by atoms with Crippen molar-refractivity contribution in [2.75, 3.05) is 6.61 Å². The standard InChI is InChI=1S/C22H33N5O.ClH/c1-3-12-28-20-9-8-17(13-18(20)23)22-25-21(16-6-4-5-7-16)26-27(22)19-10-11-24-14-15(19)2;/h10-11,14,16-18,20H,3-9,12-13,23H2,1-2H3;1H/t17-,18+,20+;/m0./s1. The number of aromatic nitrogens is 4. The van der Waals surface area contributed by atoms with Gasteiger partial charge in [0, 0.05) is 36.9 Å². The van der Waals surface area contributed by atoms with Crippen LogP contribution in [0.1, 0.15) is 87.3 Å². The molecule has 29 heavy (non-hydrogen) atoms. The van der Waals surface area contributed by atoms with Crippen molar-refractivity contribution in [1.29, 1.82) is 0 Å². The van der Waals surface area contributed by atoms with Crippen molar-refractivity contribution >= 4 is 12.4 Å². The molecule has 2 aromatic rings. The van der Waals surface area contributed by atoms with Crippen LogP contribution in [-0.4, -0.2) is 38.5 Å². The summed E-state index contributed by atoms with van der Waals surface area (Å²) in [6.07, 6.45) is 12.9. The molecule has 0 aliphatic heterocycles. The highest BCUT2D eigenvalue weighted by molar-refractivity contribution is 5.85. The summed E-state index contributed by atoms with van der Waals surface area (Å²) in [6.45, 7) is 5.02. The Hall–Kier alpha value is -1.50. The highest BCUT2D eigenvalue weighted by Gasteiger charge is 2.34. The maximum absolute atomic E-state index is 6.50. The number of hydrogen-bond acceptors (Lipinski definition) is 5. The third kappa shape index (κ3) is 4.81. The lowest BCUT2D eigenvalue weighted by molar-refractivity contribution is 0.0108. The minimum Gasteiger partial charge on any atom is -0.377 e. The van der Waals surface area contributed by atoms with Gasteiger partial charge in [-0.3, -0.25) is 4.98 Å². The topological polar surface area (TPSA) is 78.9 Å². The number of hydrogen-bond donors (Lipinski definition) is 1. The summed E-state index contributed by atoms with van der Waals surface area (Å²) in [4.78, 5) is 9.34. The first-order valence-electron chi connectivity index (χ1n) is 10.9. The minimum atomic E-state index is 0. The molecule has 2 aliphatic rings. The van der Waals surface area contributed by atoms with E-state index in [0.717, 1.165) is 55.2 Å². The van der Waals surface area contributed by atoms with E-state index < -0.39 is 0 Å². The Morgan fingerprint density at radius 3 is 2.66 bits per heavy atom. The molecule has 2 saturated carbocycles. The van der Waals surface area contributed by atoms with Crippen molar-refractivity contribution in [3.63, 3.8) is 0 Å². The maximum Gasteiger partial charge on any atom is 0.154 e. The SMILES string of the molecule is CCCO[C@@H]1CC[C@H](c2nc(C3CCCC3)nn2-c2ccncc2C)C[C@H]1N.Cl. The van der Waals surface area contributed by atoms with E-state index in [2.05, 4.69) is 23.5 Å². The second kappa shape index (κ2) is 10.0. The lowest BCUT2D eigenvalue weighted by Crippen LogP contribution is -2.42. The lowest BCUT2D eigenvalue weighted by atomic mass is 9.83. The lowest BCUT2D eigenvalue weighted by Gasteiger charge is -2.33. The fraction of sp³-hybridized carbons (Fsp3) is 0.682. The van der Waals surface area contributed by atoms with Gasteiger partial charge in [0.05, 0.1) is 11.8 Å². The fourth-order valence-electron chi connectivity index (χ4n) is 4.73. The quantitative estimate of drug-likeness (QED) is 0.748. The Kier molecular flexibility index (Phi) is 7.66. The molecule has 0 saturated heterocycles. The molecule has 2 aliphatic carbocycles. The van der Waals surface area contributed by atoms with Gasteiger partial charge in [0.1, 0.15) is 5.82 Å². The number of nitrogens with zero attached hydrogens (tertiary/aromatic N) is 4. The van der Waals surface area contributed by atoms with E-state index in [1.165, 1.54) is 25.7 Å². The molecular formula is C22H34ClN5O. The number of aryl methyl sites for hydroxylation is 1. The molecule has 160 valence electrons. The van der Waals surface area contributed by atoms with Crippen LogP contribution in [0.15, 0.2) is 18.5 Å². The number of rotatable bonds is 6. The number of halogens is 1. The molecule has 2 N–H and O–H groups in total. The van der Waals surface area contributed by atoms with Crippen LogP contribution < -0.4 is 5.73 Å². The Balaban J connectivity index is 0.00000240. The van der Waals surface area contributed by atoms with Crippen LogP contribution in [0.2, 0.25) is 0 Å². The van der Waals surface area contributed by atoms with Crippen LogP contribution in [0.25, 0.3) is 5.69 Å². The summed E-state index contributed by atoms with van der Waals surface area (Å²) in [7, 11) is 0. The van der Waals surface area contributed by atoms with Gasteiger partial charge >= 0.3 is 0 Å². The van der Waals surface area contributed by atoms with E-state index in [9.17, 15) is 0 Å². The maximum atomic E-state index is 6.50. The van der Waals surface area contributed by atoms with Gasteiger partial charge in [-0.15, -0.1) is 12.4 Å². The number of ether oxygens (including phenoxy) is 1. The molecule has 7 heteroatoms. The van der Waals surface area contributed by atoms with Crippen molar-refractivity contribution in [2.45, 2.75) is 89.2 Å². The van der Waals surface area contributed by atoms with Crippen molar-refractivity contribution < 1.29 is 4.74 Å². The van der Waals surface area contributed by atoms with Crippen LogP contribution >= 0.6 is 12.4 Å². The van der Waals surface area contributed by atoms with E-state index in [1.807, 2.05) is 18.5 Å². The molecule has 0 radical (unpaired) electrons. The highest BCUT2D eigenvalue weighted by atomic mass is 35.5. The van der Waals surface area contributed by atoms with E-state index in [1.54, 1.807) is 0 Å². The molecule has 6 nitrogen and oxygen atoms in total. The van der Waals surface area contributed by atoms with Crippen molar-refractivity contribution in [2.24, 2.45) is 5.73 Å². The first-order chi connectivity index (χ1) is 13.7. The van der Waals surface area contributed by atoms with Gasteiger partial charge in [0.2, 0.25) is 0 Å². The fourth-order valence-corrected chi connectivity index (χ4v) is 4.73. The molecule has 0 unspecified atom stereocenters. The monoisotopic (exact) mass is 419 g/mol. The van der Waals surface area contributed by atoms with Crippen LogP contribution in [0.3, 0.4) is 0 Å². The first kappa shape index (κ1) is 22.2. The summed E-state index contributed by atoms with van der Waals surface area (Å²) in [5, 5.41) is 5.00. The van der Waals surface area contributed by atoms with Crippen molar-refractivity contribution in [3.8, 4) is 5.69 Å². The summed E-state index contributed by atoms with van der Waals surface area (Å²) in [5.74, 6) is 2.91. The summed E-state index contributed by atoms with van der Waals surface area (Å²) in [5.41, 5.74) is 8.71. The van der Waals surface area contributed by atoms with E-state index in [0.29, 0.717) is 11.8 Å². The predicted molar refractivity (Wildman–Crippen MR) is 117 cm³/mol. The summed E-state index contributed by atoms with van der Waals surface area (Å²) >= 11 is 0. The van der Waals surface area contributed by atoms with Crippen LogP contribution in [-0.2, 0) is 4.74 Å². The Bertz CT molecular complexity index is 789. The van der Waals surface area contributed by atoms with E-state index >= 15 is 0 Å². The van der Waals surface area contributed by atoms with Crippen molar-refractivity contribution in [3.05, 3.63) is 35.7 Å². The zero-order valence-corrected chi connectivity index (χ0v) is 18.4. The largest absolute Gasteiger partial charge is 0.377 e. The second-order valence-corrected chi connectivity index (χ2v) is 8.47. The van der Waals surface area contributed by atoms with Crippen LogP contribution in [0, 0.1) is 6.92 Å². The molecule has 0 spiro atoms. The van der Waals surface area contributed by atoms with Crippen LogP contribution in [0.5, 0.6) is 0 Å². The molecule has 4 rings (SSSR count). The molecule has 0 aromatic carbocycles. The van der Waals surface area contributed by atoms with Crippen LogP contribution in [0.4, 0.5) is 0 Å². The molecular weight excluding hydrogens is 386 g/mol. The van der Waals surface area contributed by atoms with Crippen molar-refractivity contribution in [1.82, 2.24) is 19.7 Å². The molecule has 0 bridgehead atoms. The minimum absolute atomic E-state index is 0. The van der Waals surface area contributed by atoms with Gasteiger partial charge in [-0.05, 0) is 57.1 Å². The smallest absolute Gasteiger partial charge is 0.154 e. The van der Waals surface area contributed by atoms with Gasteiger partial charge in [-0.1, -0.05) is 19.8 Å². The highest BCUT2D eigenvalue weighted by Crippen LogP contribution is 2.37. The van der Waals surface area contributed by atoms with E-state index in [-0.39, 0.29) is 24.6 Å². The third-order valence-corrected chi connectivity index (χ3v) is 6.32. The van der Waals surface area contributed by atoms with Gasteiger partial charge in [-0.2, -0.15) is 5.10 Å². The number of pyridine rings is 1. The third-order valence-electron chi connectivity index (χ3n) is 6.32. The van der Waals surface area contributed by atoms with Gasteiger partial charge in [-0.25, -0.2) is 9.67 Å². The normalized spacial score (nSPS) is 25.1. The van der Waals surface area contributed by atoms with Gasteiger partial charge in [0.25, 0.3) is 0 Å². The molecule has 3 atom stereocenters. The molecule has 2 fully saturated rings. The Labute approximate surface area is 180 Å². The Morgan fingerprint density at radius 1 is 1.17 bits per heavy atom. The zero-order valence-electron chi connectivity index (χ0n) is 17.6. The van der Waals surface area contributed by atoms with E-state index in [4.69, 9.17) is 20.6 Å². The first-order valence-corrected chi connectivity index (χ1v) is 10.9. The summed E-state index contributed by atoms with van der Waals surface area (Å²) in [6, 6.07) is 2.10. The van der Waals surface area contributed by atoms with Gasteiger partial charge < -0.3 is 10.5 Å². The molecule has 0 amide bonds. The number of nitrogens with two attached hydrogens (primary N) is 1. The average molecular weight is 420 g/mol. The molecule has 2 heterocycles. The zero-order chi connectivity index (χ0) is 19.5. The summed E-state index contributed by atoms with van der Waals surface area (Å²) < 4.78 is 8.05. The second-order valence-electron chi connectivity index (χ2n) is 8.47. The predicted octanol–water partition coefficient (Wildman–Crippen LogP) is 4.44. The Morgan fingerprint density at radius 2 is 1.97 bits per heavy atom. The molecule has 2 aromatic heterocycles.